The van der Waals surface area contributed by atoms with Crippen LogP contribution in [0.2, 0.25) is 0 Å². The highest BCUT2D eigenvalue weighted by Crippen LogP contribution is 2.57. The maximum atomic E-state index is 4.70. The van der Waals surface area contributed by atoms with Crippen molar-refractivity contribution in [2.75, 3.05) is 0 Å². The fourth-order valence-corrected chi connectivity index (χ4v) is 8.00. The van der Waals surface area contributed by atoms with Gasteiger partial charge in [0.25, 0.3) is 0 Å². The predicted molar refractivity (Wildman–Crippen MR) is 145 cm³/mol. The Morgan fingerprint density at radius 1 is 0.647 bits per heavy atom. The fraction of sp³-hybridized carbons (Fsp3) is 0.100. The van der Waals surface area contributed by atoms with Gasteiger partial charge in [-0.15, -0.1) is 0 Å². The molecule has 0 fully saturated rings. The van der Waals surface area contributed by atoms with Gasteiger partial charge in [0.1, 0.15) is 23.2 Å². The van der Waals surface area contributed by atoms with Crippen molar-refractivity contribution in [3.63, 3.8) is 0 Å². The zero-order chi connectivity index (χ0) is 22.9. The van der Waals surface area contributed by atoms with Crippen LogP contribution in [-0.2, 0) is 6.42 Å². The van der Waals surface area contributed by atoms with Gasteiger partial charge >= 0.3 is 0 Å². The van der Waals surface area contributed by atoms with Crippen LogP contribution in [0.15, 0.2) is 138 Å². The topological polar surface area (TPSA) is 24.4 Å². The molecule has 0 aliphatic carbocycles. The zero-order valence-corrected chi connectivity index (χ0v) is 22.1. The molecule has 4 heteroatoms. The number of hydrogen-bond acceptors (Lipinski definition) is 2. The molecule has 4 aromatic rings. The van der Waals surface area contributed by atoms with Crippen molar-refractivity contribution >= 4 is 28.9 Å². The maximum Gasteiger partial charge on any atom is 0.138 e. The lowest BCUT2D eigenvalue weighted by atomic mass is 10.1. The highest BCUT2D eigenvalue weighted by Gasteiger charge is 2.43. The second kappa shape index (κ2) is 12.5. The van der Waals surface area contributed by atoms with Crippen molar-refractivity contribution in [2.24, 2.45) is 5.10 Å². The molecule has 4 rings (SSSR count). The summed E-state index contributed by atoms with van der Waals surface area (Å²) in [4.78, 5) is 0. The minimum absolute atomic E-state index is 0. The summed E-state index contributed by atoms with van der Waals surface area (Å²) in [6.07, 6.45) is 0.831. The zero-order valence-electron chi connectivity index (χ0n) is 19.6. The number of hydrazone groups is 1. The molecule has 0 amide bonds. The molecule has 0 heterocycles. The van der Waals surface area contributed by atoms with Crippen LogP contribution in [0.3, 0.4) is 0 Å². The first-order chi connectivity index (χ1) is 16.2. The van der Waals surface area contributed by atoms with Gasteiger partial charge in [0.2, 0.25) is 0 Å². The summed E-state index contributed by atoms with van der Waals surface area (Å²) in [6, 6.07) is 43.0. The van der Waals surface area contributed by atoms with E-state index in [0.717, 1.165) is 17.8 Å². The minimum Gasteiger partial charge on any atom is -1.00 e. The maximum absolute atomic E-state index is 4.70. The number of rotatable bonds is 8. The van der Waals surface area contributed by atoms with E-state index in [0.29, 0.717) is 0 Å². The third-order valence-corrected chi connectivity index (χ3v) is 9.72. The van der Waals surface area contributed by atoms with Gasteiger partial charge in [-0.1, -0.05) is 84.9 Å². The van der Waals surface area contributed by atoms with Crippen LogP contribution < -0.4 is 38.3 Å². The van der Waals surface area contributed by atoms with E-state index in [1.54, 1.807) is 0 Å². The highest BCUT2D eigenvalue weighted by atomic mass is 79.9. The van der Waals surface area contributed by atoms with Crippen LogP contribution in [-0.4, -0.2) is 5.71 Å². The van der Waals surface area contributed by atoms with Crippen molar-refractivity contribution in [2.45, 2.75) is 20.3 Å². The van der Waals surface area contributed by atoms with Crippen molar-refractivity contribution in [1.82, 2.24) is 5.43 Å². The average Bonchev–Trinajstić information content (AvgIpc) is 2.88. The van der Waals surface area contributed by atoms with E-state index in [1.165, 1.54) is 21.5 Å². The van der Waals surface area contributed by atoms with E-state index in [2.05, 4.69) is 140 Å². The predicted octanol–water partition coefficient (Wildman–Crippen LogP) is 3.05. The first-order valence-electron chi connectivity index (χ1n) is 11.3. The summed E-state index contributed by atoms with van der Waals surface area (Å²) < 4.78 is 0. The SMILES string of the molecule is C/C(=C\[P+](c1ccccc1)(c1ccccc1)c1ccccc1)N/N=C(\C)Cc1ccccc1.[Br-]. The first kappa shape index (κ1) is 25.6. The Labute approximate surface area is 214 Å². The summed E-state index contributed by atoms with van der Waals surface area (Å²) in [6.45, 7) is 4.18. The fourth-order valence-electron chi connectivity index (χ4n) is 4.09. The molecule has 2 nitrogen and oxygen atoms in total. The van der Waals surface area contributed by atoms with Crippen LogP contribution in [0.5, 0.6) is 0 Å². The lowest BCUT2D eigenvalue weighted by Crippen LogP contribution is -3.00. The monoisotopic (exact) mass is 528 g/mol. The Bertz CT molecular complexity index is 1110. The summed E-state index contributed by atoms with van der Waals surface area (Å²) in [5, 5.41) is 8.68. The smallest absolute Gasteiger partial charge is 0.138 e. The molecule has 0 spiro atoms. The molecule has 0 saturated heterocycles. The molecule has 0 aliphatic heterocycles. The first-order valence-corrected chi connectivity index (χ1v) is 13.1. The number of hydrogen-bond donors (Lipinski definition) is 1. The third-order valence-electron chi connectivity index (χ3n) is 5.60. The van der Waals surface area contributed by atoms with Gasteiger partial charge in [-0.3, -0.25) is 5.43 Å². The van der Waals surface area contributed by atoms with Gasteiger partial charge in [0.15, 0.2) is 0 Å². The standard InChI is InChI=1S/C30H30N2P.BrH/c1-25(23-27-15-7-3-8-16-27)31-32-26(2)24-33(28-17-9-4-10-18-28,29-19-11-5-12-20-29)30-21-13-6-14-22-30;/h3-22,24,32H,23H2,1-2H3;1H/q+1;/p-1/b26-24+,31-25+;. The van der Waals surface area contributed by atoms with Crippen LogP contribution in [0.1, 0.15) is 19.4 Å². The van der Waals surface area contributed by atoms with Gasteiger partial charge in [0, 0.05) is 12.1 Å². The van der Waals surface area contributed by atoms with Gasteiger partial charge in [-0.25, -0.2) is 0 Å². The molecule has 0 bridgehead atoms. The second-order valence-electron chi connectivity index (χ2n) is 8.16. The number of nitrogens with zero attached hydrogens (tertiary/aromatic N) is 1. The Kier molecular flexibility index (Phi) is 9.39. The van der Waals surface area contributed by atoms with Crippen LogP contribution in [0.4, 0.5) is 0 Å². The summed E-state index contributed by atoms with van der Waals surface area (Å²) in [5.74, 6) is 2.41. The Morgan fingerprint density at radius 3 is 1.44 bits per heavy atom. The summed E-state index contributed by atoms with van der Waals surface area (Å²) >= 11 is 0. The normalized spacial score (nSPS) is 12.1. The van der Waals surface area contributed by atoms with Crippen LogP contribution in [0.25, 0.3) is 0 Å². The van der Waals surface area contributed by atoms with Crippen LogP contribution in [0, 0.1) is 0 Å². The molecule has 0 aliphatic rings. The molecule has 0 unspecified atom stereocenters. The Morgan fingerprint density at radius 2 is 1.03 bits per heavy atom. The van der Waals surface area contributed by atoms with Crippen molar-refractivity contribution in [3.8, 4) is 0 Å². The minimum atomic E-state index is -2.03. The van der Waals surface area contributed by atoms with Gasteiger partial charge in [0.05, 0.1) is 11.5 Å². The average molecular weight is 529 g/mol. The van der Waals surface area contributed by atoms with E-state index >= 15 is 0 Å². The van der Waals surface area contributed by atoms with E-state index in [1.807, 2.05) is 6.07 Å². The van der Waals surface area contributed by atoms with Crippen molar-refractivity contribution < 1.29 is 17.0 Å². The van der Waals surface area contributed by atoms with E-state index in [9.17, 15) is 0 Å². The number of nitrogens with one attached hydrogen (secondary N) is 1. The number of allylic oxidation sites excluding steroid dienone is 1. The summed E-state index contributed by atoms with van der Waals surface area (Å²) in [7, 11) is -2.03. The van der Waals surface area contributed by atoms with E-state index in [4.69, 9.17) is 5.10 Å². The lowest BCUT2D eigenvalue weighted by molar-refractivity contribution is -0.00000671. The number of halogens is 1. The third kappa shape index (κ3) is 6.11. The Hall–Kier alpha value is -3.00. The molecular formula is C30H30BrN2P. The highest BCUT2D eigenvalue weighted by molar-refractivity contribution is 7.98. The molecular weight excluding hydrogens is 499 g/mol. The summed E-state index contributed by atoms with van der Waals surface area (Å²) in [5.41, 5.74) is 6.71. The molecule has 172 valence electrons. The quantitative estimate of drug-likeness (QED) is 0.212. The molecule has 0 radical (unpaired) electrons. The molecule has 4 aromatic carbocycles. The van der Waals surface area contributed by atoms with E-state index < -0.39 is 7.26 Å². The van der Waals surface area contributed by atoms with Crippen LogP contribution >= 0.6 is 7.26 Å². The van der Waals surface area contributed by atoms with Gasteiger partial charge < -0.3 is 17.0 Å². The van der Waals surface area contributed by atoms with Crippen molar-refractivity contribution in [3.05, 3.63) is 138 Å². The molecule has 34 heavy (non-hydrogen) atoms. The Balaban J connectivity index is 0.00000324. The molecule has 0 aromatic heterocycles. The van der Waals surface area contributed by atoms with Crippen molar-refractivity contribution in [1.29, 1.82) is 0 Å². The van der Waals surface area contributed by atoms with E-state index in [-0.39, 0.29) is 17.0 Å². The second-order valence-corrected chi connectivity index (χ2v) is 11.4. The number of benzene rings is 4. The largest absolute Gasteiger partial charge is 1.00 e. The van der Waals surface area contributed by atoms with Gasteiger partial charge in [-0.05, 0) is 55.8 Å². The molecule has 0 saturated carbocycles. The lowest BCUT2D eigenvalue weighted by Gasteiger charge is -2.24. The van der Waals surface area contributed by atoms with Gasteiger partial charge in [-0.2, -0.15) is 5.10 Å². The molecule has 1 N–H and O–H groups in total. The molecule has 0 atom stereocenters.